The van der Waals surface area contributed by atoms with Crippen molar-refractivity contribution in [1.82, 2.24) is 4.98 Å². The van der Waals surface area contributed by atoms with Crippen LogP contribution in [0.3, 0.4) is 0 Å². The van der Waals surface area contributed by atoms with E-state index in [0.29, 0.717) is 12.8 Å². The molecule has 0 aromatic carbocycles. The second-order valence-corrected chi connectivity index (χ2v) is 5.04. The Morgan fingerprint density at radius 3 is 2.59 bits per heavy atom. The Balaban J connectivity index is 2.13. The zero-order chi connectivity index (χ0) is 12.3. The minimum absolute atomic E-state index is 0.260. The molecule has 17 heavy (non-hydrogen) atoms. The first-order valence-corrected chi connectivity index (χ1v) is 6.45. The fourth-order valence-corrected chi connectivity index (χ4v) is 2.58. The summed E-state index contributed by atoms with van der Waals surface area (Å²) >= 11 is 1.19. The van der Waals surface area contributed by atoms with E-state index in [9.17, 15) is 9.59 Å². The van der Waals surface area contributed by atoms with Gasteiger partial charge in [-0.3, -0.25) is 4.79 Å². The maximum absolute atomic E-state index is 11.8. The molecule has 1 saturated carbocycles. The Morgan fingerprint density at radius 2 is 2.06 bits per heavy atom. The van der Waals surface area contributed by atoms with Gasteiger partial charge in [0.25, 0.3) is 5.91 Å². The highest BCUT2D eigenvalue weighted by Crippen LogP contribution is 2.32. The van der Waals surface area contributed by atoms with Crippen molar-refractivity contribution in [2.45, 2.75) is 37.7 Å². The molecule has 5 nitrogen and oxygen atoms in total. The lowest BCUT2D eigenvalue weighted by molar-refractivity contribution is -0.140. The van der Waals surface area contributed by atoms with Crippen LogP contribution in [0.1, 0.15) is 41.9 Å². The predicted octanol–water partition coefficient (Wildman–Crippen LogP) is 1.49. The number of rotatable bonds is 3. The fourth-order valence-electron chi connectivity index (χ4n) is 2.07. The highest BCUT2D eigenvalue weighted by molar-refractivity contribution is 7.11. The number of hydrogen-bond acceptors (Lipinski definition) is 5. The number of primary amides is 1. The van der Waals surface area contributed by atoms with Crippen LogP contribution in [0.2, 0.25) is 0 Å². The number of nitrogens with two attached hydrogens (primary N) is 1. The molecule has 1 aromatic rings. The normalized spacial score (nSPS) is 18.6. The van der Waals surface area contributed by atoms with E-state index >= 15 is 0 Å². The molecule has 2 N–H and O–H groups in total. The Morgan fingerprint density at radius 1 is 1.35 bits per heavy atom. The molecule has 1 aliphatic carbocycles. The van der Waals surface area contributed by atoms with Crippen molar-refractivity contribution in [3.8, 4) is 0 Å². The summed E-state index contributed by atoms with van der Waals surface area (Å²) in [6.45, 7) is 0. The molecule has 2 rings (SSSR count). The fraction of sp³-hybridized carbons (Fsp3) is 0.545. The number of esters is 1. The van der Waals surface area contributed by atoms with Crippen LogP contribution in [-0.2, 0) is 9.53 Å². The standard InChI is InChI=1S/C11H14N2O3S/c12-10(15)11(4-2-1-3-5-11)16-9(14)8-13-6-7-17-8/h6-7H,1-5H2,(H2,12,15). The maximum Gasteiger partial charge on any atom is 0.368 e. The lowest BCUT2D eigenvalue weighted by Crippen LogP contribution is -2.49. The molecule has 1 amide bonds. The highest BCUT2D eigenvalue weighted by Gasteiger charge is 2.42. The molecule has 1 heterocycles. The van der Waals surface area contributed by atoms with Crippen molar-refractivity contribution < 1.29 is 14.3 Å². The Bertz CT molecular complexity index is 410. The molecule has 1 fully saturated rings. The first-order chi connectivity index (χ1) is 8.14. The van der Waals surface area contributed by atoms with Crippen LogP contribution in [0.15, 0.2) is 11.6 Å². The molecule has 0 bridgehead atoms. The van der Waals surface area contributed by atoms with Gasteiger partial charge in [0.15, 0.2) is 5.60 Å². The lowest BCUT2D eigenvalue weighted by atomic mass is 9.84. The van der Waals surface area contributed by atoms with Crippen LogP contribution in [0.5, 0.6) is 0 Å². The Hall–Kier alpha value is -1.43. The van der Waals surface area contributed by atoms with Gasteiger partial charge in [0, 0.05) is 11.6 Å². The van der Waals surface area contributed by atoms with E-state index in [-0.39, 0.29) is 5.01 Å². The molecular formula is C11H14N2O3S. The van der Waals surface area contributed by atoms with E-state index in [2.05, 4.69) is 4.98 Å². The molecular weight excluding hydrogens is 240 g/mol. The van der Waals surface area contributed by atoms with Gasteiger partial charge >= 0.3 is 5.97 Å². The molecule has 1 aromatic heterocycles. The van der Waals surface area contributed by atoms with Crippen LogP contribution < -0.4 is 5.73 Å². The first-order valence-electron chi connectivity index (χ1n) is 5.57. The van der Waals surface area contributed by atoms with Gasteiger partial charge in [0.2, 0.25) is 5.01 Å². The second-order valence-electron chi connectivity index (χ2n) is 4.15. The van der Waals surface area contributed by atoms with Gasteiger partial charge in [-0.1, -0.05) is 6.42 Å². The summed E-state index contributed by atoms with van der Waals surface area (Å²) in [6, 6.07) is 0. The molecule has 0 atom stereocenters. The van der Waals surface area contributed by atoms with Crippen LogP contribution in [0.25, 0.3) is 0 Å². The number of hydrogen-bond donors (Lipinski definition) is 1. The summed E-state index contributed by atoms with van der Waals surface area (Å²) in [7, 11) is 0. The first kappa shape index (κ1) is 12.0. The number of carbonyl (C=O) groups is 2. The molecule has 0 saturated heterocycles. The average Bonchev–Trinajstić information content (AvgIpc) is 2.83. The van der Waals surface area contributed by atoms with Gasteiger partial charge in [-0.15, -0.1) is 11.3 Å². The van der Waals surface area contributed by atoms with Crippen molar-refractivity contribution in [3.63, 3.8) is 0 Å². The van der Waals surface area contributed by atoms with E-state index < -0.39 is 17.5 Å². The summed E-state index contributed by atoms with van der Waals surface area (Å²) in [5, 5.41) is 1.95. The summed E-state index contributed by atoms with van der Waals surface area (Å²) in [5.41, 5.74) is 4.25. The predicted molar refractivity (Wildman–Crippen MR) is 62.5 cm³/mol. The molecule has 1 aliphatic rings. The van der Waals surface area contributed by atoms with E-state index in [1.54, 1.807) is 5.38 Å². The zero-order valence-corrected chi connectivity index (χ0v) is 10.2. The number of thiazole rings is 1. The van der Waals surface area contributed by atoms with E-state index in [1.165, 1.54) is 17.5 Å². The van der Waals surface area contributed by atoms with Gasteiger partial charge in [-0.2, -0.15) is 0 Å². The third-order valence-corrected chi connectivity index (χ3v) is 3.76. The van der Waals surface area contributed by atoms with Crippen LogP contribution in [0.4, 0.5) is 0 Å². The van der Waals surface area contributed by atoms with Crippen LogP contribution in [0, 0.1) is 0 Å². The van der Waals surface area contributed by atoms with Gasteiger partial charge in [-0.25, -0.2) is 9.78 Å². The number of carbonyl (C=O) groups excluding carboxylic acids is 2. The van der Waals surface area contributed by atoms with Gasteiger partial charge in [0.1, 0.15) is 0 Å². The van der Waals surface area contributed by atoms with Crippen molar-refractivity contribution >= 4 is 23.2 Å². The number of amides is 1. The third kappa shape index (κ3) is 2.46. The summed E-state index contributed by atoms with van der Waals surface area (Å²) in [4.78, 5) is 27.2. The topological polar surface area (TPSA) is 82.3 Å². The lowest BCUT2D eigenvalue weighted by Gasteiger charge is -2.33. The average molecular weight is 254 g/mol. The summed E-state index contributed by atoms with van der Waals surface area (Å²) in [5.74, 6) is -1.11. The van der Waals surface area contributed by atoms with Crippen molar-refractivity contribution in [2.24, 2.45) is 5.73 Å². The van der Waals surface area contributed by atoms with Crippen molar-refractivity contribution in [3.05, 3.63) is 16.6 Å². The van der Waals surface area contributed by atoms with E-state index in [4.69, 9.17) is 10.5 Å². The number of nitrogens with zero attached hydrogens (tertiary/aromatic N) is 1. The van der Waals surface area contributed by atoms with Gasteiger partial charge in [-0.05, 0) is 25.7 Å². The van der Waals surface area contributed by atoms with E-state index in [0.717, 1.165) is 19.3 Å². The zero-order valence-electron chi connectivity index (χ0n) is 9.35. The number of ether oxygens (including phenoxy) is 1. The largest absolute Gasteiger partial charge is 0.444 e. The minimum atomic E-state index is -1.12. The van der Waals surface area contributed by atoms with Crippen LogP contribution in [-0.4, -0.2) is 22.5 Å². The minimum Gasteiger partial charge on any atom is -0.444 e. The molecule has 92 valence electrons. The molecule has 0 spiro atoms. The molecule has 0 unspecified atom stereocenters. The summed E-state index contributed by atoms with van der Waals surface area (Å²) in [6.07, 6.45) is 5.31. The SMILES string of the molecule is NC(=O)C1(OC(=O)c2nccs2)CCCCC1. The highest BCUT2D eigenvalue weighted by atomic mass is 32.1. The molecule has 0 aliphatic heterocycles. The van der Waals surface area contributed by atoms with E-state index in [1.807, 2.05) is 0 Å². The smallest absolute Gasteiger partial charge is 0.368 e. The van der Waals surface area contributed by atoms with Gasteiger partial charge < -0.3 is 10.5 Å². The Labute approximate surface area is 103 Å². The van der Waals surface area contributed by atoms with Gasteiger partial charge in [0.05, 0.1) is 0 Å². The Kier molecular flexibility index (Phi) is 3.42. The molecule has 0 radical (unpaired) electrons. The monoisotopic (exact) mass is 254 g/mol. The molecule has 6 heteroatoms. The van der Waals surface area contributed by atoms with Crippen molar-refractivity contribution in [1.29, 1.82) is 0 Å². The van der Waals surface area contributed by atoms with Crippen molar-refractivity contribution in [2.75, 3.05) is 0 Å². The quantitative estimate of drug-likeness (QED) is 0.828. The van der Waals surface area contributed by atoms with Crippen LogP contribution >= 0.6 is 11.3 Å². The second kappa shape index (κ2) is 4.83. The third-order valence-electron chi connectivity index (χ3n) is 3.01. The maximum atomic E-state index is 11.8. The summed E-state index contributed by atoms with van der Waals surface area (Å²) < 4.78 is 5.32. The number of aromatic nitrogens is 1.